The molecule has 3 rings (SSSR count). The van der Waals surface area contributed by atoms with Crippen molar-refractivity contribution >= 4 is 17.8 Å². The molecule has 4 amide bonds. The summed E-state index contributed by atoms with van der Waals surface area (Å²) in [6.07, 6.45) is 0.646. The van der Waals surface area contributed by atoms with Gasteiger partial charge >= 0.3 is 6.03 Å². The number of carbonyl (C=O) groups excluding carboxylic acids is 3. The maximum atomic E-state index is 11.9. The lowest BCUT2D eigenvalue weighted by atomic mass is 10.0. The minimum atomic E-state index is -0.781. The van der Waals surface area contributed by atoms with Crippen LogP contribution in [0.1, 0.15) is 17.5 Å². The van der Waals surface area contributed by atoms with Gasteiger partial charge in [0.05, 0.1) is 6.42 Å². The highest BCUT2D eigenvalue weighted by atomic mass is 16.2. The number of urea groups is 1. The molecule has 1 fully saturated rings. The minimum Gasteiger partial charge on any atom is -0.356 e. The Balaban J connectivity index is 1.47. The van der Waals surface area contributed by atoms with Crippen molar-refractivity contribution in [2.45, 2.75) is 25.8 Å². The highest BCUT2D eigenvalue weighted by molar-refractivity contribution is 6.05. The lowest BCUT2D eigenvalue weighted by molar-refractivity contribution is -0.126. The van der Waals surface area contributed by atoms with Crippen molar-refractivity contribution in [1.29, 1.82) is 0 Å². The fourth-order valence-electron chi connectivity index (χ4n) is 2.89. The Kier molecular flexibility index (Phi) is 5.31. The number of imide groups is 1. The molecule has 0 aromatic heterocycles. The molecule has 2 aromatic carbocycles. The zero-order valence-corrected chi connectivity index (χ0v) is 14.5. The van der Waals surface area contributed by atoms with E-state index in [1.54, 1.807) is 0 Å². The monoisotopic (exact) mass is 351 g/mol. The van der Waals surface area contributed by atoms with Crippen molar-refractivity contribution in [1.82, 2.24) is 16.0 Å². The van der Waals surface area contributed by atoms with Gasteiger partial charge in [0.1, 0.15) is 6.04 Å². The Labute approximate surface area is 152 Å². The van der Waals surface area contributed by atoms with Gasteiger partial charge in [0.25, 0.3) is 5.91 Å². The summed E-state index contributed by atoms with van der Waals surface area (Å²) in [5.74, 6) is -0.722. The Hall–Kier alpha value is -3.15. The van der Waals surface area contributed by atoms with Gasteiger partial charge in [-0.3, -0.25) is 14.9 Å². The molecule has 26 heavy (non-hydrogen) atoms. The van der Waals surface area contributed by atoms with Crippen LogP contribution in [0.15, 0.2) is 48.5 Å². The van der Waals surface area contributed by atoms with Crippen LogP contribution >= 0.6 is 0 Å². The molecule has 1 aliphatic heterocycles. The van der Waals surface area contributed by atoms with Crippen molar-refractivity contribution in [2.24, 2.45) is 0 Å². The van der Waals surface area contributed by atoms with E-state index in [0.29, 0.717) is 13.0 Å². The number of aryl methyl sites for hydroxylation is 1. The van der Waals surface area contributed by atoms with Gasteiger partial charge in [-0.15, -0.1) is 0 Å². The predicted octanol–water partition coefficient (Wildman–Crippen LogP) is 1.92. The smallest absolute Gasteiger partial charge is 0.322 e. The van der Waals surface area contributed by atoms with Crippen LogP contribution in [0.5, 0.6) is 0 Å². The first kappa shape index (κ1) is 17.7. The van der Waals surface area contributed by atoms with Gasteiger partial charge < -0.3 is 10.6 Å². The molecule has 0 saturated carbocycles. The molecular weight excluding hydrogens is 330 g/mol. The number of hydrogen-bond acceptors (Lipinski definition) is 3. The van der Waals surface area contributed by atoms with E-state index in [9.17, 15) is 14.4 Å². The summed E-state index contributed by atoms with van der Waals surface area (Å²) < 4.78 is 0. The molecule has 0 spiro atoms. The average Bonchev–Trinajstić information content (AvgIpc) is 2.92. The Bertz CT molecular complexity index is 830. The lowest BCUT2D eigenvalue weighted by Gasteiger charge is -2.09. The first-order valence-electron chi connectivity index (χ1n) is 8.55. The largest absolute Gasteiger partial charge is 0.356 e. The maximum Gasteiger partial charge on any atom is 0.322 e. The fraction of sp³-hybridized carbons (Fsp3) is 0.250. The molecule has 1 unspecified atom stereocenters. The molecule has 1 saturated heterocycles. The number of rotatable bonds is 6. The molecule has 2 aromatic rings. The van der Waals surface area contributed by atoms with Crippen LogP contribution in [-0.4, -0.2) is 30.4 Å². The van der Waals surface area contributed by atoms with E-state index in [4.69, 9.17) is 0 Å². The van der Waals surface area contributed by atoms with Crippen molar-refractivity contribution in [3.8, 4) is 11.1 Å². The second-order valence-corrected chi connectivity index (χ2v) is 6.39. The zero-order chi connectivity index (χ0) is 18.5. The fourth-order valence-corrected chi connectivity index (χ4v) is 2.89. The van der Waals surface area contributed by atoms with Crippen molar-refractivity contribution in [2.75, 3.05) is 6.54 Å². The van der Waals surface area contributed by atoms with Gasteiger partial charge in [-0.1, -0.05) is 54.1 Å². The van der Waals surface area contributed by atoms with E-state index in [2.05, 4.69) is 65.3 Å². The summed E-state index contributed by atoms with van der Waals surface area (Å²) in [6, 6.07) is 15.3. The first-order valence-corrected chi connectivity index (χ1v) is 8.55. The topological polar surface area (TPSA) is 87.3 Å². The quantitative estimate of drug-likeness (QED) is 0.695. The summed E-state index contributed by atoms with van der Waals surface area (Å²) >= 11 is 0. The molecule has 0 radical (unpaired) electrons. The molecule has 1 heterocycles. The number of carbonyl (C=O) groups is 3. The Morgan fingerprint density at radius 1 is 1.08 bits per heavy atom. The second-order valence-electron chi connectivity index (χ2n) is 6.39. The summed E-state index contributed by atoms with van der Waals surface area (Å²) in [4.78, 5) is 34.3. The third-order valence-corrected chi connectivity index (χ3v) is 4.29. The molecule has 0 bridgehead atoms. The molecule has 0 aliphatic carbocycles. The average molecular weight is 351 g/mol. The highest BCUT2D eigenvalue weighted by Crippen LogP contribution is 2.20. The standard InChI is InChI=1S/C20H21N3O3/c1-13-3-2-4-16(11-13)15-7-5-14(6-8-15)9-10-21-18(24)12-17-19(25)23-20(26)22-17/h2-8,11,17H,9-10,12H2,1H3,(H,21,24)(H2,22,23,25,26). The van der Waals surface area contributed by atoms with Crippen LogP contribution in [0.3, 0.4) is 0 Å². The van der Waals surface area contributed by atoms with E-state index >= 15 is 0 Å². The van der Waals surface area contributed by atoms with Gasteiger partial charge in [-0.05, 0) is 30.0 Å². The minimum absolute atomic E-state index is 0.0517. The van der Waals surface area contributed by atoms with Crippen molar-refractivity contribution in [3.05, 3.63) is 59.7 Å². The van der Waals surface area contributed by atoms with Crippen LogP contribution in [0, 0.1) is 6.92 Å². The van der Waals surface area contributed by atoms with E-state index in [0.717, 1.165) is 11.1 Å². The van der Waals surface area contributed by atoms with Crippen molar-refractivity contribution < 1.29 is 14.4 Å². The molecule has 1 aliphatic rings. The number of benzene rings is 2. The van der Waals surface area contributed by atoms with E-state index in [1.165, 1.54) is 11.1 Å². The first-order chi connectivity index (χ1) is 12.5. The molecule has 134 valence electrons. The van der Waals surface area contributed by atoms with E-state index in [-0.39, 0.29) is 12.3 Å². The number of hydrogen-bond donors (Lipinski definition) is 3. The van der Waals surface area contributed by atoms with Crippen molar-refractivity contribution in [3.63, 3.8) is 0 Å². The summed E-state index contributed by atoms with van der Waals surface area (Å²) in [6.45, 7) is 2.55. The van der Waals surface area contributed by atoms with Crippen LogP contribution in [0.25, 0.3) is 11.1 Å². The van der Waals surface area contributed by atoms with Gasteiger partial charge in [0.2, 0.25) is 5.91 Å². The highest BCUT2D eigenvalue weighted by Gasteiger charge is 2.30. The van der Waals surface area contributed by atoms with Crippen LogP contribution in [0.2, 0.25) is 0 Å². The molecule has 6 nitrogen and oxygen atoms in total. The molecule has 1 atom stereocenters. The van der Waals surface area contributed by atoms with Gasteiger partial charge in [-0.2, -0.15) is 0 Å². The van der Waals surface area contributed by atoms with E-state index < -0.39 is 18.0 Å². The zero-order valence-electron chi connectivity index (χ0n) is 14.5. The summed E-state index contributed by atoms with van der Waals surface area (Å²) in [5, 5.41) is 7.29. The maximum absolute atomic E-state index is 11.9. The third-order valence-electron chi connectivity index (χ3n) is 4.29. The summed E-state index contributed by atoms with van der Waals surface area (Å²) in [5.41, 5.74) is 4.68. The van der Waals surface area contributed by atoms with Gasteiger partial charge in [0, 0.05) is 6.54 Å². The molecule has 6 heteroatoms. The predicted molar refractivity (Wildman–Crippen MR) is 98.4 cm³/mol. The number of nitrogens with one attached hydrogen (secondary N) is 3. The van der Waals surface area contributed by atoms with E-state index in [1.807, 2.05) is 6.07 Å². The van der Waals surface area contributed by atoms with Crippen LogP contribution < -0.4 is 16.0 Å². The Morgan fingerprint density at radius 3 is 2.50 bits per heavy atom. The second kappa shape index (κ2) is 7.82. The van der Waals surface area contributed by atoms with Crippen LogP contribution in [0.4, 0.5) is 4.79 Å². The normalized spacial score (nSPS) is 16.1. The SMILES string of the molecule is Cc1cccc(-c2ccc(CCNC(=O)CC3NC(=O)NC3=O)cc2)c1. The lowest BCUT2D eigenvalue weighted by Crippen LogP contribution is -2.36. The van der Waals surface area contributed by atoms with Gasteiger partial charge in [0.15, 0.2) is 0 Å². The number of amides is 4. The molecule has 3 N–H and O–H groups in total. The third kappa shape index (κ3) is 4.47. The summed E-state index contributed by atoms with van der Waals surface area (Å²) in [7, 11) is 0. The van der Waals surface area contributed by atoms with Crippen LogP contribution in [-0.2, 0) is 16.0 Å². The van der Waals surface area contributed by atoms with Gasteiger partial charge in [-0.25, -0.2) is 4.79 Å². The molecular formula is C20H21N3O3. The Morgan fingerprint density at radius 2 is 1.85 bits per heavy atom.